The molecule has 0 N–H and O–H groups in total. The Morgan fingerprint density at radius 2 is 1.06 bits per heavy atom. The summed E-state index contributed by atoms with van der Waals surface area (Å²) in [4.78, 5) is 2.47. The van der Waals surface area contributed by atoms with E-state index >= 15 is 0 Å². The van der Waals surface area contributed by atoms with Gasteiger partial charge in [0.2, 0.25) is 0 Å². The third-order valence-corrected chi connectivity index (χ3v) is 18.4. The van der Waals surface area contributed by atoms with Crippen LogP contribution in [0.2, 0.25) is 13.1 Å². The lowest BCUT2D eigenvalue weighted by atomic mass is 9.59. The van der Waals surface area contributed by atoms with Crippen molar-refractivity contribution < 1.29 is 4.42 Å². The first-order valence-electron chi connectivity index (χ1n) is 22.7. The van der Waals surface area contributed by atoms with Crippen molar-refractivity contribution >= 4 is 90.0 Å². The van der Waals surface area contributed by atoms with Gasteiger partial charge in [0.25, 0.3) is 0 Å². The summed E-state index contributed by atoms with van der Waals surface area (Å²) in [5.41, 5.74) is 16.4. The highest BCUT2D eigenvalue weighted by Gasteiger charge is 2.52. The van der Waals surface area contributed by atoms with Crippen molar-refractivity contribution in [3.05, 3.63) is 241 Å². The Labute approximate surface area is 378 Å². The normalized spacial score (nSPS) is 15.7. The van der Waals surface area contributed by atoms with E-state index in [9.17, 15) is 0 Å². The number of aromatic nitrogens is 1. The Morgan fingerprint density at radius 3 is 1.95 bits per heavy atom. The molecule has 1 aliphatic heterocycles. The number of hydrogen-bond donors (Lipinski definition) is 0. The quantitative estimate of drug-likeness (QED) is 0.165. The van der Waals surface area contributed by atoms with E-state index < -0.39 is 13.5 Å². The van der Waals surface area contributed by atoms with Gasteiger partial charge in [-0.15, -0.1) is 0 Å². The zero-order valence-electron chi connectivity index (χ0n) is 36.1. The van der Waals surface area contributed by atoms with Gasteiger partial charge in [-0.05, 0) is 127 Å². The van der Waals surface area contributed by atoms with Gasteiger partial charge in [-0.25, -0.2) is 0 Å². The third-order valence-electron chi connectivity index (χ3n) is 14.8. The van der Waals surface area contributed by atoms with Crippen molar-refractivity contribution in [1.29, 1.82) is 0 Å². The molecule has 0 fully saturated rings. The topological polar surface area (TPSA) is 21.3 Å². The second-order valence-electron chi connectivity index (χ2n) is 18.4. The maximum atomic E-state index is 6.25. The molecular formula is C61H42N2OSi. The minimum atomic E-state index is -2.30. The standard InChI is InChI=1S/C61H42N2OSi/c1-65(2)58-29-13-10-25-51(58)61(50-24-9-6-20-44(50)47-23-14-16-39-17-15-26-53(61)60(39)47)52-33-30-43(38-59(52)65)62(40-18-4-3-5-19-40)41-31-34-55-48(36-41)45-21-7-11-27-54(45)63(55)42-32-35-57-49(37-42)46-22-8-12-28-56(46)64-57/h3-38H,1-2H3. The summed E-state index contributed by atoms with van der Waals surface area (Å²) in [5, 5.41) is 10.3. The van der Waals surface area contributed by atoms with Crippen molar-refractivity contribution in [3.8, 4) is 16.8 Å². The van der Waals surface area contributed by atoms with Crippen LogP contribution in [-0.4, -0.2) is 12.6 Å². The Balaban J connectivity index is 1.01. The molecule has 3 heterocycles. The SMILES string of the molecule is C[Si]1(C)c2ccccc2C2(c3ccccc3-c3cccc4cccc2c34)c2ccc(N(c3ccccc3)c3ccc4c(c3)c3ccccc3n4-c3ccc4oc5ccccc5c4c3)cc21. The van der Waals surface area contributed by atoms with Gasteiger partial charge < -0.3 is 13.9 Å². The highest BCUT2D eigenvalue weighted by atomic mass is 28.3. The molecule has 3 nitrogen and oxygen atoms in total. The summed E-state index contributed by atoms with van der Waals surface area (Å²) in [6.07, 6.45) is 0. The highest BCUT2D eigenvalue weighted by Crippen LogP contribution is 2.56. The van der Waals surface area contributed by atoms with E-state index in [1.165, 1.54) is 70.8 Å². The van der Waals surface area contributed by atoms with Crippen molar-refractivity contribution in [2.45, 2.75) is 18.5 Å². The molecule has 4 heteroatoms. The first-order chi connectivity index (χ1) is 32.0. The van der Waals surface area contributed by atoms with Crippen LogP contribution in [0.3, 0.4) is 0 Å². The predicted molar refractivity (Wildman–Crippen MR) is 274 cm³/mol. The number of para-hydroxylation sites is 3. The zero-order valence-corrected chi connectivity index (χ0v) is 37.1. The number of rotatable bonds is 4. The number of hydrogen-bond acceptors (Lipinski definition) is 2. The van der Waals surface area contributed by atoms with Crippen LogP contribution in [0, 0.1) is 0 Å². The maximum absolute atomic E-state index is 6.25. The third kappa shape index (κ3) is 4.89. The molecule has 0 radical (unpaired) electrons. The lowest BCUT2D eigenvalue weighted by Gasteiger charge is -2.50. The fourth-order valence-electron chi connectivity index (χ4n) is 12.1. The molecule has 14 rings (SSSR count). The highest BCUT2D eigenvalue weighted by molar-refractivity contribution is 7.01. The van der Waals surface area contributed by atoms with E-state index in [1.54, 1.807) is 0 Å². The monoisotopic (exact) mass is 846 g/mol. The van der Waals surface area contributed by atoms with Crippen molar-refractivity contribution in [2.75, 3.05) is 4.90 Å². The van der Waals surface area contributed by atoms with Gasteiger partial charge in [0.15, 0.2) is 0 Å². The Hall–Kier alpha value is -7.92. The Kier molecular flexibility index (Phi) is 7.48. The molecule has 10 aromatic carbocycles. The second kappa shape index (κ2) is 13.3. The lowest BCUT2D eigenvalue weighted by molar-refractivity contribution is 0.669. The second-order valence-corrected chi connectivity index (χ2v) is 22.7. The van der Waals surface area contributed by atoms with Gasteiger partial charge in [0.05, 0.1) is 16.4 Å². The van der Waals surface area contributed by atoms with E-state index in [2.05, 4.69) is 229 Å². The van der Waals surface area contributed by atoms with Crippen molar-refractivity contribution in [3.63, 3.8) is 0 Å². The van der Waals surface area contributed by atoms with Crippen LogP contribution in [-0.2, 0) is 5.41 Å². The molecule has 1 atom stereocenters. The van der Waals surface area contributed by atoms with Crippen LogP contribution in [0.4, 0.5) is 17.1 Å². The average Bonchev–Trinajstić information content (AvgIpc) is 3.90. The van der Waals surface area contributed by atoms with E-state index in [4.69, 9.17) is 4.42 Å². The van der Waals surface area contributed by atoms with Gasteiger partial charge in [-0.1, -0.05) is 159 Å². The zero-order chi connectivity index (χ0) is 43.0. The number of furan rings is 1. The molecular weight excluding hydrogens is 805 g/mol. The van der Waals surface area contributed by atoms with Gasteiger partial charge in [-0.3, -0.25) is 0 Å². The molecule has 0 saturated heterocycles. The number of anilines is 3. The molecule has 1 unspecified atom stereocenters. The molecule has 2 aliphatic rings. The first kappa shape index (κ1) is 36.5. The largest absolute Gasteiger partial charge is 0.456 e. The van der Waals surface area contributed by atoms with Gasteiger partial charge in [0, 0.05) is 44.3 Å². The molecule has 0 amide bonds. The molecule has 0 saturated carbocycles. The molecule has 12 aromatic rings. The Morgan fingerprint density at radius 1 is 0.415 bits per heavy atom. The summed E-state index contributed by atoms with van der Waals surface area (Å²) >= 11 is 0. The molecule has 1 spiro atoms. The summed E-state index contributed by atoms with van der Waals surface area (Å²) < 4.78 is 8.66. The van der Waals surface area contributed by atoms with E-state index in [0.717, 1.165) is 50.2 Å². The molecule has 0 bridgehead atoms. The van der Waals surface area contributed by atoms with E-state index in [0.29, 0.717) is 0 Å². The number of nitrogens with zero attached hydrogens (tertiary/aromatic N) is 2. The van der Waals surface area contributed by atoms with Crippen LogP contribution < -0.4 is 15.3 Å². The molecule has 65 heavy (non-hydrogen) atoms. The van der Waals surface area contributed by atoms with E-state index in [-0.39, 0.29) is 0 Å². The molecule has 2 aromatic heterocycles. The predicted octanol–water partition coefficient (Wildman–Crippen LogP) is 14.8. The van der Waals surface area contributed by atoms with Crippen LogP contribution in [0.15, 0.2) is 223 Å². The summed E-state index contributed by atoms with van der Waals surface area (Å²) in [5.74, 6) is 0. The van der Waals surface area contributed by atoms with Gasteiger partial charge in [0.1, 0.15) is 19.2 Å². The van der Waals surface area contributed by atoms with Crippen LogP contribution in [0.25, 0.3) is 71.3 Å². The fourth-order valence-corrected chi connectivity index (χ4v) is 15.3. The number of fused-ring (bicyclic) bond motifs is 14. The van der Waals surface area contributed by atoms with Gasteiger partial charge >= 0.3 is 0 Å². The first-order valence-corrected chi connectivity index (χ1v) is 25.7. The van der Waals surface area contributed by atoms with Crippen LogP contribution >= 0.6 is 0 Å². The molecule has 1 aliphatic carbocycles. The fraction of sp³-hybridized carbons (Fsp3) is 0.0492. The smallest absolute Gasteiger partial charge is 0.135 e. The summed E-state index contributed by atoms with van der Waals surface area (Å²) in [6.45, 7) is 5.12. The average molecular weight is 847 g/mol. The number of benzene rings is 10. The summed E-state index contributed by atoms with van der Waals surface area (Å²) in [7, 11) is -2.30. The maximum Gasteiger partial charge on any atom is 0.135 e. The minimum Gasteiger partial charge on any atom is -0.456 e. The lowest BCUT2D eigenvalue weighted by Crippen LogP contribution is -2.63. The van der Waals surface area contributed by atoms with Crippen LogP contribution in [0.1, 0.15) is 22.3 Å². The summed E-state index contributed by atoms with van der Waals surface area (Å²) in [6, 6.07) is 81.5. The Bertz CT molecular complexity index is 3950. The van der Waals surface area contributed by atoms with E-state index in [1.807, 2.05) is 12.1 Å². The van der Waals surface area contributed by atoms with Crippen LogP contribution in [0.5, 0.6) is 0 Å². The minimum absolute atomic E-state index is 0.485. The molecule has 306 valence electrons. The van der Waals surface area contributed by atoms with Crippen molar-refractivity contribution in [1.82, 2.24) is 4.57 Å². The van der Waals surface area contributed by atoms with Gasteiger partial charge in [-0.2, -0.15) is 0 Å². The van der Waals surface area contributed by atoms with Crippen molar-refractivity contribution in [2.24, 2.45) is 0 Å².